The fourth-order valence-electron chi connectivity index (χ4n) is 4.55. The Morgan fingerprint density at radius 3 is 2.96 bits per heavy atom. The van der Waals surface area contributed by atoms with Gasteiger partial charge < -0.3 is 19.7 Å². The molecular formula is C18H26N2O3S. The number of carbonyl (C=O) groups is 1. The largest absolute Gasteiger partial charge is 0.384 e. The fraction of sp³-hybridized carbons (Fsp3) is 0.722. The van der Waals surface area contributed by atoms with Crippen LogP contribution in [0.15, 0.2) is 17.5 Å². The number of likely N-dealkylation sites (tertiary alicyclic amines) is 1. The topological polar surface area (TPSA) is 50.8 Å². The molecule has 0 radical (unpaired) electrons. The van der Waals surface area contributed by atoms with Crippen molar-refractivity contribution in [2.45, 2.75) is 37.5 Å². The Morgan fingerprint density at radius 2 is 2.25 bits per heavy atom. The Kier molecular flexibility index (Phi) is 4.90. The van der Waals surface area contributed by atoms with Gasteiger partial charge >= 0.3 is 0 Å². The predicted octanol–water partition coefficient (Wildman–Crippen LogP) is 1.99. The van der Waals surface area contributed by atoms with E-state index < -0.39 is 0 Å². The predicted molar refractivity (Wildman–Crippen MR) is 93.4 cm³/mol. The van der Waals surface area contributed by atoms with Gasteiger partial charge in [-0.25, -0.2) is 0 Å². The quantitative estimate of drug-likeness (QED) is 0.882. The van der Waals surface area contributed by atoms with Gasteiger partial charge in [-0.2, -0.15) is 0 Å². The summed E-state index contributed by atoms with van der Waals surface area (Å²) in [7, 11) is 1.77. The SMILES string of the molecule is COC[C@@H]1[C@@H](NC2CCN(C(=O)c3cccs3)CC2)[C@@H]2CCO[C@H]12. The number of hydrogen-bond acceptors (Lipinski definition) is 5. The lowest BCUT2D eigenvalue weighted by atomic mass is 9.66. The zero-order valence-electron chi connectivity index (χ0n) is 14.1. The maximum Gasteiger partial charge on any atom is 0.263 e. The highest BCUT2D eigenvalue weighted by molar-refractivity contribution is 7.12. The number of fused-ring (bicyclic) bond motifs is 1. The first kappa shape index (κ1) is 16.5. The highest BCUT2D eigenvalue weighted by atomic mass is 32.1. The Bertz CT molecular complexity index is 557. The highest BCUT2D eigenvalue weighted by Crippen LogP contribution is 2.44. The van der Waals surface area contributed by atoms with Gasteiger partial charge in [0, 0.05) is 50.7 Å². The number of thiophene rings is 1. The number of nitrogens with zero attached hydrogens (tertiary/aromatic N) is 1. The number of piperidine rings is 1. The summed E-state index contributed by atoms with van der Waals surface area (Å²) >= 11 is 1.53. The summed E-state index contributed by atoms with van der Waals surface area (Å²) in [6, 6.07) is 4.88. The molecule has 2 aliphatic heterocycles. The molecule has 0 bridgehead atoms. The smallest absolute Gasteiger partial charge is 0.263 e. The number of rotatable bonds is 5. The molecule has 4 rings (SSSR count). The molecule has 132 valence electrons. The highest BCUT2D eigenvalue weighted by Gasteiger charge is 2.54. The van der Waals surface area contributed by atoms with Gasteiger partial charge in [0.1, 0.15) is 0 Å². The maximum atomic E-state index is 12.4. The summed E-state index contributed by atoms with van der Waals surface area (Å²) in [5, 5.41) is 5.83. The van der Waals surface area contributed by atoms with E-state index in [1.807, 2.05) is 22.4 Å². The Morgan fingerprint density at radius 1 is 1.42 bits per heavy atom. The molecule has 1 saturated carbocycles. The first-order valence-corrected chi connectivity index (χ1v) is 9.85. The van der Waals surface area contributed by atoms with Crippen LogP contribution < -0.4 is 5.32 Å². The van der Waals surface area contributed by atoms with Gasteiger partial charge in [-0.3, -0.25) is 4.79 Å². The zero-order valence-corrected chi connectivity index (χ0v) is 15.0. The van der Waals surface area contributed by atoms with E-state index in [2.05, 4.69) is 5.32 Å². The molecule has 24 heavy (non-hydrogen) atoms. The first-order chi connectivity index (χ1) is 11.8. The Balaban J connectivity index is 1.29. The van der Waals surface area contributed by atoms with E-state index >= 15 is 0 Å². The number of hydrogen-bond donors (Lipinski definition) is 1. The number of methoxy groups -OCH3 is 1. The van der Waals surface area contributed by atoms with E-state index in [9.17, 15) is 4.79 Å². The molecule has 4 atom stereocenters. The summed E-state index contributed by atoms with van der Waals surface area (Å²) in [5.74, 6) is 1.32. The van der Waals surface area contributed by atoms with Gasteiger partial charge in [0.05, 0.1) is 17.6 Å². The fourth-order valence-corrected chi connectivity index (χ4v) is 5.24. The van der Waals surface area contributed by atoms with E-state index in [1.54, 1.807) is 7.11 Å². The van der Waals surface area contributed by atoms with Crippen LogP contribution in [0.2, 0.25) is 0 Å². The van der Waals surface area contributed by atoms with Crippen LogP contribution in [0.3, 0.4) is 0 Å². The van der Waals surface area contributed by atoms with Crippen LogP contribution in [0, 0.1) is 11.8 Å². The minimum absolute atomic E-state index is 0.189. The first-order valence-electron chi connectivity index (χ1n) is 8.97. The molecule has 0 unspecified atom stereocenters. The van der Waals surface area contributed by atoms with Gasteiger partial charge in [0.25, 0.3) is 5.91 Å². The van der Waals surface area contributed by atoms with Gasteiger partial charge in [-0.05, 0) is 30.7 Å². The van der Waals surface area contributed by atoms with E-state index in [0.29, 0.717) is 30.0 Å². The molecule has 1 aromatic rings. The molecule has 3 aliphatic rings. The minimum atomic E-state index is 0.189. The summed E-state index contributed by atoms with van der Waals surface area (Å²) in [5.41, 5.74) is 0. The van der Waals surface area contributed by atoms with Gasteiger partial charge in [-0.1, -0.05) is 6.07 Å². The maximum absolute atomic E-state index is 12.4. The van der Waals surface area contributed by atoms with Crippen LogP contribution >= 0.6 is 11.3 Å². The van der Waals surface area contributed by atoms with Gasteiger partial charge in [0.2, 0.25) is 0 Å². The van der Waals surface area contributed by atoms with Gasteiger partial charge in [0.15, 0.2) is 0 Å². The van der Waals surface area contributed by atoms with Crippen molar-refractivity contribution in [3.63, 3.8) is 0 Å². The summed E-state index contributed by atoms with van der Waals surface area (Å²) in [6.45, 7) is 3.36. The molecular weight excluding hydrogens is 324 g/mol. The number of ether oxygens (including phenoxy) is 2. The average Bonchev–Trinajstić information content (AvgIpc) is 3.28. The third-order valence-electron chi connectivity index (χ3n) is 5.83. The monoisotopic (exact) mass is 350 g/mol. The number of amides is 1. The normalized spacial score (nSPS) is 33.3. The van der Waals surface area contributed by atoms with E-state index in [4.69, 9.17) is 9.47 Å². The number of carbonyl (C=O) groups excluding carboxylic acids is 1. The molecule has 3 fully saturated rings. The zero-order chi connectivity index (χ0) is 16.5. The van der Waals surface area contributed by atoms with E-state index in [1.165, 1.54) is 11.3 Å². The van der Waals surface area contributed by atoms with Crippen LogP contribution in [-0.4, -0.2) is 62.4 Å². The number of nitrogens with one attached hydrogen (secondary N) is 1. The lowest BCUT2D eigenvalue weighted by Crippen LogP contribution is -2.64. The molecule has 1 aromatic heterocycles. The molecule has 0 aromatic carbocycles. The molecule has 6 heteroatoms. The van der Waals surface area contributed by atoms with Crippen molar-refractivity contribution in [1.29, 1.82) is 0 Å². The van der Waals surface area contributed by atoms with Crippen molar-refractivity contribution in [2.75, 3.05) is 33.4 Å². The lowest BCUT2D eigenvalue weighted by molar-refractivity contribution is -0.0880. The van der Waals surface area contributed by atoms with Crippen molar-refractivity contribution < 1.29 is 14.3 Å². The van der Waals surface area contributed by atoms with Crippen molar-refractivity contribution in [1.82, 2.24) is 10.2 Å². The van der Waals surface area contributed by atoms with Crippen LogP contribution in [0.4, 0.5) is 0 Å². The molecule has 0 spiro atoms. The summed E-state index contributed by atoms with van der Waals surface area (Å²) < 4.78 is 11.2. The molecule has 1 amide bonds. The van der Waals surface area contributed by atoms with Crippen LogP contribution in [-0.2, 0) is 9.47 Å². The third-order valence-corrected chi connectivity index (χ3v) is 6.69. The second-order valence-corrected chi connectivity index (χ2v) is 8.09. The second-order valence-electron chi connectivity index (χ2n) is 7.14. The molecule has 3 heterocycles. The second kappa shape index (κ2) is 7.12. The average molecular weight is 350 g/mol. The van der Waals surface area contributed by atoms with Crippen LogP contribution in [0.25, 0.3) is 0 Å². The minimum Gasteiger partial charge on any atom is -0.384 e. The van der Waals surface area contributed by atoms with Gasteiger partial charge in [-0.15, -0.1) is 11.3 Å². The molecule has 1 aliphatic carbocycles. The van der Waals surface area contributed by atoms with Crippen molar-refractivity contribution in [3.8, 4) is 0 Å². The third kappa shape index (κ3) is 3.01. The molecule has 1 N–H and O–H groups in total. The lowest BCUT2D eigenvalue weighted by Gasteiger charge is -2.50. The van der Waals surface area contributed by atoms with E-state index in [-0.39, 0.29) is 5.91 Å². The standard InChI is InChI=1S/C18H26N2O3S/c1-22-11-14-16(13-6-9-23-17(13)14)19-12-4-7-20(8-5-12)18(21)15-3-2-10-24-15/h2-3,10,12-14,16-17,19H,4-9,11H2,1H3/t13-,14+,16-,17-/m0/s1. The van der Waals surface area contributed by atoms with E-state index in [0.717, 1.165) is 50.4 Å². The van der Waals surface area contributed by atoms with Crippen molar-refractivity contribution in [3.05, 3.63) is 22.4 Å². The Hall–Kier alpha value is -0.950. The molecule has 2 saturated heterocycles. The summed E-state index contributed by atoms with van der Waals surface area (Å²) in [6.07, 6.45) is 3.62. The summed E-state index contributed by atoms with van der Waals surface area (Å²) in [4.78, 5) is 15.3. The Labute approximate surface area is 147 Å². The van der Waals surface area contributed by atoms with Crippen molar-refractivity contribution >= 4 is 17.2 Å². The molecule has 5 nitrogen and oxygen atoms in total. The van der Waals surface area contributed by atoms with Crippen LogP contribution in [0.1, 0.15) is 28.9 Å². The van der Waals surface area contributed by atoms with Crippen LogP contribution in [0.5, 0.6) is 0 Å². The van der Waals surface area contributed by atoms with Crippen molar-refractivity contribution in [2.24, 2.45) is 11.8 Å².